The van der Waals surface area contributed by atoms with Crippen molar-refractivity contribution in [3.63, 3.8) is 0 Å². The van der Waals surface area contributed by atoms with Gasteiger partial charge in [-0.2, -0.15) is 0 Å². The van der Waals surface area contributed by atoms with Gasteiger partial charge in [-0.1, -0.05) is 19.9 Å². The number of hydrogen-bond acceptors (Lipinski definition) is 6. The number of ether oxygens (including phenoxy) is 1. The van der Waals surface area contributed by atoms with Crippen molar-refractivity contribution < 1.29 is 27.9 Å². The molecular formula is C35H45F2N5O4. The molecule has 5 rings (SSSR count). The van der Waals surface area contributed by atoms with Crippen LogP contribution in [-0.4, -0.2) is 94.5 Å². The van der Waals surface area contributed by atoms with E-state index in [1.165, 1.54) is 12.1 Å². The molecule has 1 fully saturated rings. The predicted molar refractivity (Wildman–Crippen MR) is 171 cm³/mol. The van der Waals surface area contributed by atoms with Gasteiger partial charge >= 0.3 is 6.09 Å². The molecule has 9 nitrogen and oxygen atoms in total. The third-order valence-corrected chi connectivity index (χ3v) is 9.15. The van der Waals surface area contributed by atoms with Gasteiger partial charge < -0.3 is 19.4 Å². The molecule has 0 spiro atoms. The van der Waals surface area contributed by atoms with Gasteiger partial charge in [-0.25, -0.2) is 13.6 Å². The fraction of sp³-hybridized carbons (Fsp3) is 0.543. The lowest BCUT2D eigenvalue weighted by Gasteiger charge is -2.46. The van der Waals surface area contributed by atoms with Gasteiger partial charge in [0.05, 0.1) is 17.9 Å². The Morgan fingerprint density at radius 3 is 2.46 bits per heavy atom. The molecule has 4 heterocycles. The molecule has 0 unspecified atom stereocenters. The van der Waals surface area contributed by atoms with Gasteiger partial charge in [0.2, 0.25) is 11.8 Å². The first kappa shape index (κ1) is 33.5. The minimum Gasteiger partial charge on any atom is -0.444 e. The molecule has 0 aliphatic carbocycles. The maximum absolute atomic E-state index is 14.4. The maximum Gasteiger partial charge on any atom is 0.410 e. The number of nitrogens with zero attached hydrogens (tertiary/aromatic N) is 5. The highest BCUT2D eigenvalue weighted by Gasteiger charge is 2.43. The summed E-state index contributed by atoms with van der Waals surface area (Å²) in [6, 6.07) is 4.87. The quantitative estimate of drug-likeness (QED) is 0.440. The second-order valence-electron chi connectivity index (χ2n) is 14.6. The Hall–Kier alpha value is -3.86. The zero-order chi connectivity index (χ0) is 33.7. The number of carbonyl (C=O) groups is 3. The SMILES string of the molecule is CC1=C(C)C(=O)N(C[C@H]2CN(C(=O)OC(C)(C)C)[C@H](C)CN2CC(=O)N2CC(C)(C)c3ncc(Cc4ccc(F)cc4F)cc32)C1. The van der Waals surface area contributed by atoms with Crippen molar-refractivity contribution in [3.8, 4) is 0 Å². The summed E-state index contributed by atoms with van der Waals surface area (Å²) in [6.07, 6.45) is 1.48. The number of halogens is 2. The molecule has 11 heteroatoms. The number of hydrogen-bond donors (Lipinski definition) is 0. The van der Waals surface area contributed by atoms with Crippen LogP contribution in [-0.2, 0) is 26.2 Å². The van der Waals surface area contributed by atoms with E-state index in [1.54, 1.807) is 20.9 Å². The number of aromatic nitrogens is 1. The van der Waals surface area contributed by atoms with E-state index in [4.69, 9.17) is 9.72 Å². The van der Waals surface area contributed by atoms with Crippen molar-refractivity contribution in [2.45, 2.75) is 84.9 Å². The number of amides is 3. The van der Waals surface area contributed by atoms with Gasteiger partial charge in [0.1, 0.15) is 17.2 Å². The number of fused-ring (bicyclic) bond motifs is 1. The number of anilines is 1. The van der Waals surface area contributed by atoms with Gasteiger partial charge in [0.15, 0.2) is 0 Å². The third-order valence-electron chi connectivity index (χ3n) is 9.15. The highest BCUT2D eigenvalue weighted by Crippen LogP contribution is 2.40. The predicted octanol–water partition coefficient (Wildman–Crippen LogP) is 5.06. The van der Waals surface area contributed by atoms with E-state index in [2.05, 4.69) is 4.90 Å². The van der Waals surface area contributed by atoms with Crippen LogP contribution >= 0.6 is 0 Å². The molecule has 1 saturated heterocycles. The number of benzene rings is 1. The van der Waals surface area contributed by atoms with Crippen molar-refractivity contribution >= 4 is 23.6 Å². The normalized spacial score (nSPS) is 21.7. The van der Waals surface area contributed by atoms with Gasteiger partial charge in [-0.15, -0.1) is 0 Å². The summed E-state index contributed by atoms with van der Waals surface area (Å²) in [7, 11) is 0. The molecule has 3 amide bonds. The largest absolute Gasteiger partial charge is 0.444 e. The Morgan fingerprint density at radius 2 is 1.83 bits per heavy atom. The van der Waals surface area contributed by atoms with Crippen LogP contribution in [0.5, 0.6) is 0 Å². The molecule has 0 bridgehead atoms. The Kier molecular flexibility index (Phi) is 9.02. The summed E-state index contributed by atoms with van der Waals surface area (Å²) in [6.45, 7) is 17.4. The average molecular weight is 638 g/mol. The van der Waals surface area contributed by atoms with Crippen LogP contribution in [0.2, 0.25) is 0 Å². The van der Waals surface area contributed by atoms with E-state index in [1.807, 2.05) is 61.5 Å². The highest BCUT2D eigenvalue weighted by atomic mass is 19.1. The van der Waals surface area contributed by atoms with Crippen molar-refractivity contribution in [1.82, 2.24) is 19.7 Å². The highest BCUT2D eigenvalue weighted by molar-refractivity contribution is 5.98. The van der Waals surface area contributed by atoms with E-state index < -0.39 is 28.7 Å². The molecule has 1 aromatic heterocycles. The lowest BCUT2D eigenvalue weighted by atomic mass is 9.91. The minimum atomic E-state index is -0.659. The van der Waals surface area contributed by atoms with Crippen LogP contribution in [0.1, 0.15) is 72.2 Å². The summed E-state index contributed by atoms with van der Waals surface area (Å²) in [5, 5.41) is 0. The molecule has 2 aromatic rings. The lowest BCUT2D eigenvalue weighted by Crippen LogP contribution is -2.63. The van der Waals surface area contributed by atoms with Crippen LogP contribution in [0.25, 0.3) is 0 Å². The average Bonchev–Trinajstić information content (AvgIpc) is 3.36. The number of carbonyl (C=O) groups excluding carboxylic acids is 3. The van der Waals surface area contributed by atoms with Gasteiger partial charge in [0.25, 0.3) is 0 Å². The molecule has 46 heavy (non-hydrogen) atoms. The van der Waals surface area contributed by atoms with Gasteiger partial charge in [0, 0.05) is 74.5 Å². The van der Waals surface area contributed by atoms with Crippen LogP contribution in [0.3, 0.4) is 0 Å². The van der Waals surface area contributed by atoms with E-state index in [9.17, 15) is 23.2 Å². The minimum absolute atomic E-state index is 0.0300. The van der Waals surface area contributed by atoms with E-state index in [0.29, 0.717) is 49.5 Å². The molecule has 3 aliphatic rings. The maximum atomic E-state index is 14.4. The summed E-state index contributed by atoms with van der Waals surface area (Å²) in [5.74, 6) is -1.42. The molecule has 1 aromatic carbocycles. The topological polar surface area (TPSA) is 86.3 Å². The Morgan fingerprint density at radius 1 is 1.11 bits per heavy atom. The standard InChI is InChI=1S/C35H45F2N5O4/c1-21-15-40(32(44)23(21)3)17-27-18-41(33(45)46-34(4,5)6)22(2)16-39(27)19-30(43)42-20-35(7,8)31-29(42)12-24(14-38-31)11-25-9-10-26(36)13-28(25)37/h9-10,12-14,22,27H,11,15-20H2,1-8H3/t22-,27+/m1/s1. The second kappa shape index (κ2) is 12.4. The molecular weight excluding hydrogens is 592 g/mol. The zero-order valence-corrected chi connectivity index (χ0v) is 28.1. The number of piperazine rings is 1. The van der Waals surface area contributed by atoms with Gasteiger partial charge in [-0.05, 0) is 70.4 Å². The molecule has 0 saturated carbocycles. The molecule has 0 N–H and O–H groups in total. The van der Waals surface area contributed by atoms with E-state index >= 15 is 0 Å². The number of pyridine rings is 1. The monoisotopic (exact) mass is 637 g/mol. The smallest absolute Gasteiger partial charge is 0.410 e. The summed E-state index contributed by atoms with van der Waals surface area (Å²) >= 11 is 0. The summed E-state index contributed by atoms with van der Waals surface area (Å²) in [4.78, 5) is 52.4. The fourth-order valence-electron chi connectivity index (χ4n) is 6.59. The molecule has 0 radical (unpaired) electrons. The van der Waals surface area contributed by atoms with Gasteiger partial charge in [-0.3, -0.25) is 19.5 Å². The van der Waals surface area contributed by atoms with Crippen LogP contribution < -0.4 is 4.90 Å². The first-order valence-corrected chi connectivity index (χ1v) is 15.9. The fourth-order valence-corrected chi connectivity index (χ4v) is 6.59. The van der Waals surface area contributed by atoms with Crippen molar-refractivity contribution in [2.24, 2.45) is 0 Å². The zero-order valence-electron chi connectivity index (χ0n) is 28.1. The van der Waals surface area contributed by atoms with Crippen LogP contribution in [0.15, 0.2) is 41.6 Å². The number of rotatable bonds is 6. The first-order chi connectivity index (χ1) is 21.4. The summed E-state index contributed by atoms with van der Waals surface area (Å²) in [5.41, 5.74) is 3.19. The molecule has 2 atom stereocenters. The van der Waals surface area contributed by atoms with E-state index in [0.717, 1.165) is 22.9 Å². The van der Waals surface area contributed by atoms with E-state index in [-0.39, 0.29) is 36.9 Å². The third kappa shape index (κ3) is 6.94. The van der Waals surface area contributed by atoms with Crippen LogP contribution in [0.4, 0.5) is 19.3 Å². The Bertz CT molecular complexity index is 1580. The first-order valence-electron chi connectivity index (χ1n) is 15.9. The lowest BCUT2D eigenvalue weighted by molar-refractivity contribution is -0.127. The summed E-state index contributed by atoms with van der Waals surface area (Å²) < 4.78 is 33.6. The molecule has 248 valence electrons. The van der Waals surface area contributed by atoms with Crippen molar-refractivity contribution in [1.29, 1.82) is 0 Å². The Labute approximate surface area is 270 Å². The molecule has 3 aliphatic heterocycles. The van der Waals surface area contributed by atoms with Crippen molar-refractivity contribution in [3.05, 3.63) is 70.1 Å². The Balaban J connectivity index is 1.38. The second-order valence-corrected chi connectivity index (χ2v) is 14.6. The van der Waals surface area contributed by atoms with Crippen LogP contribution in [0, 0.1) is 11.6 Å². The van der Waals surface area contributed by atoms with Crippen molar-refractivity contribution in [2.75, 3.05) is 44.2 Å².